The van der Waals surface area contributed by atoms with Gasteiger partial charge in [0.15, 0.2) is 0 Å². The Labute approximate surface area is 124 Å². The van der Waals surface area contributed by atoms with Gasteiger partial charge in [-0.15, -0.1) is 0 Å². The average molecular weight is 284 g/mol. The number of hydrogen-bond acceptors (Lipinski definition) is 6. The molecule has 0 N–H and O–H groups in total. The van der Waals surface area contributed by atoms with Gasteiger partial charge < -0.3 is 9.80 Å². The maximum atomic E-state index is 4.41. The molecule has 2 aromatic heterocycles. The van der Waals surface area contributed by atoms with E-state index in [4.69, 9.17) is 0 Å². The number of aromatic nitrogens is 4. The monoisotopic (exact) mass is 284 g/mol. The molecule has 3 rings (SSSR count). The van der Waals surface area contributed by atoms with Gasteiger partial charge in [-0.05, 0) is 25.3 Å². The number of anilines is 2. The predicted molar refractivity (Wildman–Crippen MR) is 82.4 cm³/mol. The maximum Gasteiger partial charge on any atom is 0.225 e. The van der Waals surface area contributed by atoms with E-state index in [-0.39, 0.29) is 0 Å². The summed E-state index contributed by atoms with van der Waals surface area (Å²) in [4.78, 5) is 21.8. The first-order valence-corrected chi connectivity index (χ1v) is 7.26. The van der Waals surface area contributed by atoms with Gasteiger partial charge in [-0.1, -0.05) is 0 Å². The van der Waals surface area contributed by atoms with E-state index in [2.05, 4.69) is 36.8 Å². The fourth-order valence-corrected chi connectivity index (χ4v) is 2.67. The fraction of sp³-hybridized carbons (Fsp3) is 0.467. The molecule has 0 aromatic carbocycles. The van der Waals surface area contributed by atoms with Crippen molar-refractivity contribution in [3.8, 4) is 0 Å². The Bertz CT molecular complexity index is 562. The Morgan fingerprint density at radius 1 is 1.05 bits per heavy atom. The first-order chi connectivity index (χ1) is 10.2. The Hall–Kier alpha value is -2.24. The van der Waals surface area contributed by atoms with Crippen LogP contribution in [0.5, 0.6) is 0 Å². The lowest BCUT2D eigenvalue weighted by atomic mass is 10.0. The average Bonchev–Trinajstić information content (AvgIpc) is 2.56. The minimum atomic E-state index is 0.473. The first kappa shape index (κ1) is 13.7. The van der Waals surface area contributed by atoms with Gasteiger partial charge in [0.2, 0.25) is 5.95 Å². The topological polar surface area (TPSA) is 58.0 Å². The van der Waals surface area contributed by atoms with Crippen LogP contribution in [0.3, 0.4) is 0 Å². The van der Waals surface area contributed by atoms with Crippen molar-refractivity contribution >= 4 is 11.8 Å². The molecule has 1 saturated heterocycles. The lowest BCUT2D eigenvalue weighted by molar-refractivity contribution is 0.475. The van der Waals surface area contributed by atoms with Crippen LogP contribution in [0.4, 0.5) is 11.8 Å². The van der Waals surface area contributed by atoms with Crippen molar-refractivity contribution < 1.29 is 0 Å². The van der Waals surface area contributed by atoms with E-state index in [9.17, 15) is 0 Å². The van der Waals surface area contributed by atoms with E-state index >= 15 is 0 Å². The molecule has 1 aliphatic heterocycles. The smallest absolute Gasteiger partial charge is 0.225 e. The molecule has 6 heteroatoms. The van der Waals surface area contributed by atoms with Gasteiger partial charge in [0.05, 0.1) is 6.20 Å². The summed E-state index contributed by atoms with van der Waals surface area (Å²) >= 11 is 0. The second-order valence-corrected chi connectivity index (χ2v) is 5.45. The molecule has 0 spiro atoms. The molecule has 1 fully saturated rings. The van der Waals surface area contributed by atoms with E-state index < -0.39 is 0 Å². The third-order valence-corrected chi connectivity index (χ3v) is 3.97. The minimum Gasteiger partial charge on any atom is -0.355 e. The summed E-state index contributed by atoms with van der Waals surface area (Å²) in [5.41, 5.74) is 1.09. The van der Waals surface area contributed by atoms with Gasteiger partial charge in [0.25, 0.3) is 0 Å². The summed E-state index contributed by atoms with van der Waals surface area (Å²) < 4.78 is 0. The van der Waals surface area contributed by atoms with Crippen molar-refractivity contribution in [2.24, 2.45) is 0 Å². The number of nitrogens with zero attached hydrogens (tertiary/aromatic N) is 6. The molecule has 0 radical (unpaired) electrons. The highest BCUT2D eigenvalue weighted by Gasteiger charge is 2.24. The summed E-state index contributed by atoms with van der Waals surface area (Å²) in [6, 6.07) is 0.473. The second-order valence-electron chi connectivity index (χ2n) is 5.45. The van der Waals surface area contributed by atoms with Gasteiger partial charge in [-0.3, -0.25) is 4.98 Å². The zero-order valence-corrected chi connectivity index (χ0v) is 12.5. The molecular formula is C15H20N6. The van der Waals surface area contributed by atoms with Crippen LogP contribution in [-0.2, 0) is 0 Å². The Morgan fingerprint density at radius 2 is 1.76 bits per heavy atom. The molecule has 1 aliphatic rings. The summed E-state index contributed by atoms with van der Waals surface area (Å²) in [7, 11) is 2.08. The van der Waals surface area contributed by atoms with E-state index in [1.807, 2.05) is 25.5 Å². The SMILES string of the molecule is Cc1cnc(N(C)C2CCN(c3cnccn3)CC2)nc1. The summed E-state index contributed by atoms with van der Waals surface area (Å²) in [5.74, 6) is 1.77. The van der Waals surface area contributed by atoms with Crippen molar-refractivity contribution in [3.63, 3.8) is 0 Å². The highest BCUT2D eigenvalue weighted by molar-refractivity contribution is 5.37. The Kier molecular flexibility index (Phi) is 3.94. The van der Waals surface area contributed by atoms with Crippen LogP contribution >= 0.6 is 0 Å². The highest BCUT2D eigenvalue weighted by Crippen LogP contribution is 2.21. The molecule has 0 saturated carbocycles. The molecule has 0 amide bonds. The zero-order chi connectivity index (χ0) is 14.7. The van der Waals surface area contributed by atoms with Crippen LogP contribution in [0.2, 0.25) is 0 Å². The van der Waals surface area contributed by atoms with Crippen LogP contribution in [0.15, 0.2) is 31.0 Å². The summed E-state index contributed by atoms with van der Waals surface area (Å²) in [5, 5.41) is 0. The van der Waals surface area contributed by atoms with E-state index in [1.54, 1.807) is 12.4 Å². The predicted octanol–water partition coefficient (Wildman–Crippen LogP) is 1.68. The molecule has 0 unspecified atom stereocenters. The van der Waals surface area contributed by atoms with Crippen molar-refractivity contribution in [1.82, 2.24) is 19.9 Å². The number of hydrogen-bond donors (Lipinski definition) is 0. The molecule has 21 heavy (non-hydrogen) atoms. The molecule has 110 valence electrons. The maximum absolute atomic E-state index is 4.41. The lowest BCUT2D eigenvalue weighted by Crippen LogP contribution is -2.44. The van der Waals surface area contributed by atoms with Crippen LogP contribution < -0.4 is 9.80 Å². The first-order valence-electron chi connectivity index (χ1n) is 7.26. The van der Waals surface area contributed by atoms with Crippen molar-refractivity contribution in [2.45, 2.75) is 25.8 Å². The largest absolute Gasteiger partial charge is 0.355 e. The molecule has 6 nitrogen and oxygen atoms in total. The van der Waals surface area contributed by atoms with Gasteiger partial charge in [-0.25, -0.2) is 15.0 Å². The minimum absolute atomic E-state index is 0.473. The third kappa shape index (κ3) is 3.09. The van der Waals surface area contributed by atoms with Crippen molar-refractivity contribution in [1.29, 1.82) is 0 Å². The molecular weight excluding hydrogens is 264 g/mol. The Balaban J connectivity index is 1.61. The van der Waals surface area contributed by atoms with E-state index in [0.29, 0.717) is 6.04 Å². The van der Waals surface area contributed by atoms with Gasteiger partial charge >= 0.3 is 0 Å². The van der Waals surface area contributed by atoms with Crippen molar-refractivity contribution in [3.05, 3.63) is 36.5 Å². The van der Waals surface area contributed by atoms with Gasteiger partial charge in [-0.2, -0.15) is 0 Å². The molecule has 0 atom stereocenters. The molecule has 2 aromatic rings. The molecule has 0 bridgehead atoms. The lowest BCUT2D eigenvalue weighted by Gasteiger charge is -2.37. The van der Waals surface area contributed by atoms with Crippen LogP contribution in [0.25, 0.3) is 0 Å². The summed E-state index contributed by atoms with van der Waals surface area (Å²) in [6.07, 6.45) is 11.2. The normalized spacial score (nSPS) is 16.0. The van der Waals surface area contributed by atoms with Gasteiger partial charge in [0.1, 0.15) is 5.82 Å². The van der Waals surface area contributed by atoms with Gasteiger partial charge in [0, 0.05) is 51.0 Å². The standard InChI is InChI=1S/C15H20N6/c1-12-9-18-15(19-10-12)20(2)13-3-7-21(8-4-13)14-11-16-5-6-17-14/h5-6,9-11,13H,3-4,7-8H2,1-2H3. The van der Waals surface area contributed by atoms with Crippen LogP contribution in [0.1, 0.15) is 18.4 Å². The number of aryl methyl sites for hydroxylation is 1. The van der Waals surface area contributed by atoms with E-state index in [1.165, 1.54) is 0 Å². The molecule has 0 aliphatic carbocycles. The molecule has 3 heterocycles. The van der Waals surface area contributed by atoms with E-state index in [0.717, 1.165) is 43.3 Å². The van der Waals surface area contributed by atoms with Crippen LogP contribution in [-0.4, -0.2) is 46.1 Å². The number of rotatable bonds is 3. The third-order valence-electron chi connectivity index (χ3n) is 3.97. The van der Waals surface area contributed by atoms with Crippen LogP contribution in [0, 0.1) is 6.92 Å². The highest BCUT2D eigenvalue weighted by atomic mass is 15.3. The second kappa shape index (κ2) is 6.03. The summed E-state index contributed by atoms with van der Waals surface area (Å²) in [6.45, 7) is 3.97. The fourth-order valence-electron chi connectivity index (χ4n) is 2.67. The number of piperidine rings is 1. The Morgan fingerprint density at radius 3 is 2.38 bits per heavy atom. The quantitative estimate of drug-likeness (QED) is 0.854. The van der Waals surface area contributed by atoms with Crippen molar-refractivity contribution in [2.75, 3.05) is 29.9 Å². The zero-order valence-electron chi connectivity index (χ0n) is 12.5.